The predicted molar refractivity (Wildman–Crippen MR) is 78.5 cm³/mol. The first-order chi connectivity index (χ1) is 10.6. The van der Waals surface area contributed by atoms with E-state index in [0.29, 0.717) is 17.7 Å². The maximum atomic E-state index is 12.9. The lowest BCUT2D eigenvalue weighted by molar-refractivity contribution is -0.132. The first-order valence-corrected chi connectivity index (χ1v) is 7.10. The molecule has 1 N–H and O–H groups in total. The highest BCUT2D eigenvalue weighted by Gasteiger charge is 2.51. The Hall–Kier alpha value is -2.70. The lowest BCUT2D eigenvalue weighted by Crippen LogP contribution is -2.43. The van der Waals surface area contributed by atoms with Gasteiger partial charge in [-0.15, -0.1) is 0 Å². The molecule has 3 amide bonds. The normalized spacial score (nSPS) is 21.3. The van der Waals surface area contributed by atoms with Gasteiger partial charge in [-0.3, -0.25) is 19.4 Å². The van der Waals surface area contributed by atoms with Crippen molar-refractivity contribution in [3.8, 4) is 0 Å². The smallest absolute Gasteiger partial charge is 0.319 e. The molecule has 1 saturated heterocycles. The fraction of sp³-hybridized carbons (Fsp3) is 0.333. The number of carbonyl (C=O) groups is 2. The Kier molecular flexibility index (Phi) is 3.40. The van der Waals surface area contributed by atoms with Crippen LogP contribution in [-0.4, -0.2) is 31.6 Å². The van der Waals surface area contributed by atoms with Crippen LogP contribution in [0.2, 0.25) is 0 Å². The number of nitrogens with zero attached hydrogens (tertiary/aromatic N) is 4. The van der Waals surface area contributed by atoms with Crippen molar-refractivity contribution in [2.75, 3.05) is 0 Å². The van der Waals surface area contributed by atoms with Gasteiger partial charge >= 0.3 is 6.03 Å². The topological polar surface area (TPSA) is 80.1 Å². The van der Waals surface area contributed by atoms with Crippen molar-refractivity contribution in [3.05, 3.63) is 48.0 Å². The molecule has 7 nitrogen and oxygen atoms in total. The SMILES string of the molecule is CCC1(c2cnn(C)c2)NC(=O)N(Cc2ccccn2)C1=O. The number of aromatic nitrogens is 3. The van der Waals surface area contributed by atoms with Crippen LogP contribution < -0.4 is 5.32 Å². The Labute approximate surface area is 127 Å². The van der Waals surface area contributed by atoms with Gasteiger partial charge in [-0.05, 0) is 18.6 Å². The van der Waals surface area contributed by atoms with E-state index in [4.69, 9.17) is 0 Å². The highest BCUT2D eigenvalue weighted by atomic mass is 16.2. The van der Waals surface area contributed by atoms with Gasteiger partial charge in [0.1, 0.15) is 5.54 Å². The molecular formula is C15H17N5O2. The molecule has 1 aliphatic rings. The molecule has 0 aromatic carbocycles. The molecule has 114 valence electrons. The van der Waals surface area contributed by atoms with E-state index in [9.17, 15) is 9.59 Å². The summed E-state index contributed by atoms with van der Waals surface area (Å²) in [5, 5.41) is 6.93. The summed E-state index contributed by atoms with van der Waals surface area (Å²) in [6.07, 6.45) is 5.47. The summed E-state index contributed by atoms with van der Waals surface area (Å²) in [5.41, 5.74) is 0.323. The van der Waals surface area contributed by atoms with Crippen LogP contribution in [0.5, 0.6) is 0 Å². The third-order valence-electron chi connectivity index (χ3n) is 3.95. The molecule has 2 aromatic rings. The average Bonchev–Trinajstić information content (AvgIpc) is 3.06. The Morgan fingerprint density at radius 2 is 2.14 bits per heavy atom. The van der Waals surface area contributed by atoms with Crippen LogP contribution in [0, 0.1) is 0 Å². The van der Waals surface area contributed by atoms with Crippen molar-refractivity contribution in [1.29, 1.82) is 0 Å². The number of hydrogen-bond donors (Lipinski definition) is 1. The minimum absolute atomic E-state index is 0.160. The van der Waals surface area contributed by atoms with Crippen LogP contribution in [0.25, 0.3) is 0 Å². The fourth-order valence-electron chi connectivity index (χ4n) is 2.70. The van der Waals surface area contributed by atoms with Gasteiger partial charge < -0.3 is 5.32 Å². The molecule has 0 radical (unpaired) electrons. The molecular weight excluding hydrogens is 282 g/mol. The molecule has 3 rings (SSSR count). The second-order valence-corrected chi connectivity index (χ2v) is 5.30. The number of imide groups is 1. The van der Waals surface area contributed by atoms with E-state index in [1.165, 1.54) is 4.90 Å². The zero-order valence-electron chi connectivity index (χ0n) is 12.5. The lowest BCUT2D eigenvalue weighted by atomic mass is 9.89. The molecule has 22 heavy (non-hydrogen) atoms. The summed E-state index contributed by atoms with van der Waals surface area (Å²) in [4.78, 5) is 30.5. The van der Waals surface area contributed by atoms with E-state index in [1.54, 1.807) is 42.5 Å². The number of aryl methyl sites for hydroxylation is 1. The van der Waals surface area contributed by atoms with E-state index >= 15 is 0 Å². The summed E-state index contributed by atoms with van der Waals surface area (Å²) in [6.45, 7) is 2.03. The number of nitrogens with one attached hydrogen (secondary N) is 1. The molecule has 0 aliphatic carbocycles. The van der Waals surface area contributed by atoms with Crippen molar-refractivity contribution in [2.24, 2.45) is 7.05 Å². The zero-order chi connectivity index (χ0) is 15.7. The first-order valence-electron chi connectivity index (χ1n) is 7.10. The highest BCUT2D eigenvalue weighted by molar-refractivity contribution is 6.07. The summed E-state index contributed by atoms with van der Waals surface area (Å²) in [6, 6.07) is 5.01. The van der Waals surface area contributed by atoms with Crippen molar-refractivity contribution >= 4 is 11.9 Å². The monoisotopic (exact) mass is 299 g/mol. The molecule has 0 saturated carbocycles. The number of hydrogen-bond acceptors (Lipinski definition) is 4. The summed E-state index contributed by atoms with van der Waals surface area (Å²) in [5.74, 6) is -0.265. The maximum Gasteiger partial charge on any atom is 0.325 e. The minimum Gasteiger partial charge on any atom is -0.319 e. The predicted octanol–water partition coefficient (Wildman–Crippen LogP) is 1.17. The van der Waals surface area contributed by atoms with E-state index in [-0.39, 0.29) is 12.5 Å². The number of urea groups is 1. The third kappa shape index (κ3) is 2.14. The third-order valence-corrected chi connectivity index (χ3v) is 3.95. The Bertz CT molecular complexity index is 712. The minimum atomic E-state index is -1.04. The molecule has 1 aliphatic heterocycles. The molecule has 1 unspecified atom stereocenters. The number of rotatable bonds is 4. The van der Waals surface area contributed by atoms with Crippen molar-refractivity contribution in [1.82, 2.24) is 25.0 Å². The number of pyridine rings is 1. The number of carbonyl (C=O) groups excluding carboxylic acids is 2. The van der Waals surface area contributed by atoms with Gasteiger partial charge in [-0.25, -0.2) is 4.79 Å². The van der Waals surface area contributed by atoms with E-state index in [2.05, 4.69) is 15.4 Å². The van der Waals surface area contributed by atoms with Crippen LogP contribution in [0.3, 0.4) is 0 Å². The van der Waals surface area contributed by atoms with E-state index in [0.717, 1.165) is 0 Å². The van der Waals surface area contributed by atoms with Gasteiger partial charge in [-0.1, -0.05) is 13.0 Å². The van der Waals surface area contributed by atoms with Crippen LogP contribution >= 0.6 is 0 Å². The zero-order valence-corrected chi connectivity index (χ0v) is 12.5. The standard InChI is InChI=1S/C15H17N5O2/c1-3-15(11-8-17-19(2)9-11)13(21)20(14(22)18-15)10-12-6-4-5-7-16-12/h4-9H,3,10H2,1-2H3,(H,18,22). The molecule has 3 heterocycles. The van der Waals surface area contributed by atoms with Gasteiger partial charge in [0.15, 0.2) is 0 Å². The Morgan fingerprint density at radius 3 is 2.73 bits per heavy atom. The van der Waals surface area contributed by atoms with E-state index in [1.807, 2.05) is 13.0 Å². The van der Waals surface area contributed by atoms with Gasteiger partial charge in [-0.2, -0.15) is 5.10 Å². The summed E-state index contributed by atoms with van der Waals surface area (Å²) < 4.78 is 1.62. The second-order valence-electron chi connectivity index (χ2n) is 5.30. The largest absolute Gasteiger partial charge is 0.325 e. The van der Waals surface area contributed by atoms with E-state index < -0.39 is 11.6 Å². The molecule has 1 fully saturated rings. The second kappa shape index (κ2) is 5.25. The average molecular weight is 299 g/mol. The van der Waals surface area contributed by atoms with Gasteiger partial charge in [0.25, 0.3) is 5.91 Å². The molecule has 1 atom stereocenters. The van der Waals surface area contributed by atoms with Crippen molar-refractivity contribution in [2.45, 2.75) is 25.4 Å². The Morgan fingerprint density at radius 1 is 1.32 bits per heavy atom. The van der Waals surface area contributed by atoms with Crippen LogP contribution in [0.4, 0.5) is 4.79 Å². The van der Waals surface area contributed by atoms with Crippen LogP contribution in [0.1, 0.15) is 24.6 Å². The summed E-state index contributed by atoms with van der Waals surface area (Å²) in [7, 11) is 1.78. The molecule has 0 spiro atoms. The molecule has 0 bridgehead atoms. The van der Waals surface area contributed by atoms with Crippen LogP contribution in [0.15, 0.2) is 36.8 Å². The first kappa shape index (κ1) is 14.2. The molecule has 2 aromatic heterocycles. The Balaban J connectivity index is 1.93. The molecule has 7 heteroatoms. The van der Waals surface area contributed by atoms with Crippen molar-refractivity contribution < 1.29 is 9.59 Å². The highest BCUT2D eigenvalue weighted by Crippen LogP contribution is 2.32. The van der Waals surface area contributed by atoms with Gasteiger partial charge in [0.2, 0.25) is 0 Å². The van der Waals surface area contributed by atoms with Gasteiger partial charge in [0, 0.05) is 25.0 Å². The summed E-state index contributed by atoms with van der Waals surface area (Å²) >= 11 is 0. The van der Waals surface area contributed by atoms with Crippen molar-refractivity contribution in [3.63, 3.8) is 0 Å². The maximum absolute atomic E-state index is 12.9. The lowest BCUT2D eigenvalue weighted by Gasteiger charge is -2.23. The van der Waals surface area contributed by atoms with Crippen LogP contribution in [-0.2, 0) is 23.9 Å². The van der Waals surface area contributed by atoms with Gasteiger partial charge in [0.05, 0.1) is 18.4 Å². The number of amides is 3. The quantitative estimate of drug-likeness (QED) is 0.859. The fourth-order valence-corrected chi connectivity index (χ4v) is 2.70.